The van der Waals surface area contributed by atoms with Crippen LogP contribution in [0.25, 0.3) is 0 Å². The minimum Gasteiger partial charge on any atom is -0.465 e. The highest BCUT2D eigenvalue weighted by Crippen LogP contribution is 2.29. The Morgan fingerprint density at radius 2 is 2.24 bits per heavy atom. The van der Waals surface area contributed by atoms with Gasteiger partial charge in [-0.3, -0.25) is 9.48 Å². The van der Waals surface area contributed by atoms with E-state index in [2.05, 4.69) is 10.4 Å². The van der Waals surface area contributed by atoms with Crippen LogP contribution < -0.4 is 5.32 Å². The number of hydrogen-bond donors (Lipinski definition) is 1. The van der Waals surface area contributed by atoms with Crippen molar-refractivity contribution in [2.24, 2.45) is 0 Å². The van der Waals surface area contributed by atoms with E-state index in [-0.39, 0.29) is 10.7 Å². The monoisotopic (exact) mass is 327 g/mol. The maximum absolute atomic E-state index is 12.2. The van der Waals surface area contributed by atoms with Crippen LogP contribution in [0.2, 0.25) is 5.02 Å². The normalized spacial score (nSPS) is 10.5. The molecule has 2 aromatic heterocycles. The van der Waals surface area contributed by atoms with Crippen molar-refractivity contribution in [3.63, 3.8) is 0 Å². The molecule has 1 amide bonds. The maximum atomic E-state index is 12.2. The fourth-order valence-electron chi connectivity index (χ4n) is 1.74. The standard InChI is InChI=1S/C13H14ClN3O3S/c1-4-17-6-9(14)10(16-17)11(18)15-12-8(13(19)20-3)5-7(2)21-12/h5-6H,4H2,1-3H3,(H,15,18). The molecule has 0 fully saturated rings. The van der Waals surface area contributed by atoms with Crippen molar-refractivity contribution in [2.75, 3.05) is 12.4 Å². The third-order valence-corrected chi connectivity index (χ3v) is 3.99. The van der Waals surface area contributed by atoms with Gasteiger partial charge in [-0.25, -0.2) is 4.79 Å². The fourth-order valence-corrected chi connectivity index (χ4v) is 2.87. The van der Waals surface area contributed by atoms with Gasteiger partial charge in [0.1, 0.15) is 5.00 Å². The molecule has 0 aliphatic carbocycles. The van der Waals surface area contributed by atoms with Gasteiger partial charge in [-0.05, 0) is 19.9 Å². The highest BCUT2D eigenvalue weighted by Gasteiger charge is 2.21. The number of aryl methyl sites for hydroxylation is 2. The molecule has 8 heteroatoms. The summed E-state index contributed by atoms with van der Waals surface area (Å²) in [5.41, 5.74) is 0.444. The largest absolute Gasteiger partial charge is 0.465 e. The molecule has 0 saturated heterocycles. The molecule has 0 bridgehead atoms. The smallest absolute Gasteiger partial charge is 0.340 e. The summed E-state index contributed by atoms with van der Waals surface area (Å²) >= 11 is 7.28. The van der Waals surface area contributed by atoms with Crippen LogP contribution in [0.4, 0.5) is 5.00 Å². The first kappa shape index (κ1) is 15.5. The zero-order valence-electron chi connectivity index (χ0n) is 11.8. The first-order valence-corrected chi connectivity index (χ1v) is 7.38. The molecule has 0 aromatic carbocycles. The number of carbonyl (C=O) groups is 2. The second-order valence-electron chi connectivity index (χ2n) is 4.23. The van der Waals surface area contributed by atoms with E-state index >= 15 is 0 Å². The quantitative estimate of drug-likeness (QED) is 0.876. The van der Waals surface area contributed by atoms with Crippen molar-refractivity contribution >= 4 is 39.8 Å². The third-order valence-electron chi connectivity index (χ3n) is 2.74. The van der Waals surface area contributed by atoms with Crippen LogP contribution >= 0.6 is 22.9 Å². The molecule has 2 heterocycles. The number of thiophene rings is 1. The van der Waals surface area contributed by atoms with Crippen LogP contribution in [0, 0.1) is 6.92 Å². The van der Waals surface area contributed by atoms with Crippen molar-refractivity contribution in [2.45, 2.75) is 20.4 Å². The molecular weight excluding hydrogens is 314 g/mol. The first-order valence-electron chi connectivity index (χ1n) is 6.19. The van der Waals surface area contributed by atoms with Gasteiger partial charge in [0.2, 0.25) is 0 Å². The number of ether oxygens (including phenoxy) is 1. The van der Waals surface area contributed by atoms with E-state index in [1.165, 1.54) is 18.4 Å². The molecule has 0 unspecified atom stereocenters. The molecule has 0 radical (unpaired) electrons. The van der Waals surface area contributed by atoms with Crippen LogP contribution in [-0.2, 0) is 11.3 Å². The molecule has 2 aromatic rings. The van der Waals surface area contributed by atoms with Crippen molar-refractivity contribution in [1.82, 2.24) is 9.78 Å². The molecule has 0 atom stereocenters. The first-order chi connectivity index (χ1) is 9.96. The number of rotatable bonds is 4. The summed E-state index contributed by atoms with van der Waals surface area (Å²) in [5, 5.41) is 7.44. The SMILES string of the molecule is CCn1cc(Cl)c(C(=O)Nc2sc(C)cc2C(=O)OC)n1. The third kappa shape index (κ3) is 3.25. The molecule has 2 rings (SSSR count). The Morgan fingerprint density at radius 1 is 1.52 bits per heavy atom. The van der Waals surface area contributed by atoms with Crippen molar-refractivity contribution in [1.29, 1.82) is 0 Å². The number of amides is 1. The Labute approximate surface area is 130 Å². The number of anilines is 1. The number of nitrogens with zero attached hydrogens (tertiary/aromatic N) is 2. The maximum Gasteiger partial charge on any atom is 0.340 e. The van der Waals surface area contributed by atoms with Gasteiger partial charge in [0.15, 0.2) is 5.69 Å². The lowest BCUT2D eigenvalue weighted by atomic mass is 10.3. The van der Waals surface area contributed by atoms with Crippen LogP contribution in [0.5, 0.6) is 0 Å². The van der Waals surface area contributed by atoms with Gasteiger partial charge >= 0.3 is 5.97 Å². The van der Waals surface area contributed by atoms with E-state index in [1.807, 2.05) is 13.8 Å². The van der Waals surface area contributed by atoms with E-state index < -0.39 is 11.9 Å². The summed E-state index contributed by atoms with van der Waals surface area (Å²) in [4.78, 5) is 24.8. The van der Waals surface area contributed by atoms with Gasteiger partial charge in [0.25, 0.3) is 5.91 Å². The molecule has 0 spiro atoms. The van der Waals surface area contributed by atoms with Gasteiger partial charge in [-0.15, -0.1) is 11.3 Å². The summed E-state index contributed by atoms with van der Waals surface area (Å²) in [6.45, 7) is 4.34. The molecular formula is C13H14ClN3O3S. The average Bonchev–Trinajstić information content (AvgIpc) is 3.00. The van der Waals surface area contributed by atoms with E-state index in [0.717, 1.165) is 4.88 Å². The topological polar surface area (TPSA) is 73.2 Å². The fraction of sp³-hybridized carbons (Fsp3) is 0.308. The Bertz CT molecular complexity index is 693. The second kappa shape index (κ2) is 6.28. The molecule has 6 nitrogen and oxygen atoms in total. The van der Waals surface area contributed by atoms with Crippen LogP contribution in [0.1, 0.15) is 32.6 Å². The van der Waals surface area contributed by atoms with Gasteiger partial charge in [-0.2, -0.15) is 5.10 Å². The molecule has 0 saturated carbocycles. The van der Waals surface area contributed by atoms with Crippen molar-refractivity contribution in [3.05, 3.63) is 33.4 Å². The van der Waals surface area contributed by atoms with Crippen molar-refractivity contribution < 1.29 is 14.3 Å². The van der Waals surface area contributed by atoms with Gasteiger partial charge in [0, 0.05) is 17.6 Å². The lowest BCUT2D eigenvalue weighted by Crippen LogP contribution is -2.15. The lowest BCUT2D eigenvalue weighted by Gasteiger charge is -2.03. The Hall–Kier alpha value is -1.86. The lowest BCUT2D eigenvalue weighted by molar-refractivity contribution is 0.0602. The predicted octanol–water partition coefficient (Wildman–Crippen LogP) is 2.97. The highest BCUT2D eigenvalue weighted by molar-refractivity contribution is 7.16. The number of methoxy groups -OCH3 is 1. The van der Waals surface area contributed by atoms with Gasteiger partial charge < -0.3 is 10.1 Å². The minimum atomic E-state index is -0.500. The van der Waals surface area contributed by atoms with E-state index in [9.17, 15) is 9.59 Å². The molecule has 112 valence electrons. The summed E-state index contributed by atoms with van der Waals surface area (Å²) in [6, 6.07) is 1.67. The number of hydrogen-bond acceptors (Lipinski definition) is 5. The number of aromatic nitrogens is 2. The minimum absolute atomic E-state index is 0.125. The Balaban J connectivity index is 2.27. The Kier molecular flexibility index (Phi) is 4.64. The zero-order valence-corrected chi connectivity index (χ0v) is 13.3. The zero-order chi connectivity index (χ0) is 15.6. The number of esters is 1. The molecule has 21 heavy (non-hydrogen) atoms. The summed E-state index contributed by atoms with van der Waals surface area (Å²) in [6.07, 6.45) is 1.58. The Morgan fingerprint density at radius 3 is 2.81 bits per heavy atom. The molecule has 1 N–H and O–H groups in total. The van der Waals surface area contributed by atoms with Crippen LogP contribution in [-0.4, -0.2) is 28.8 Å². The van der Waals surface area contributed by atoms with Crippen molar-refractivity contribution in [3.8, 4) is 0 Å². The average molecular weight is 328 g/mol. The van der Waals surface area contributed by atoms with Crippen LogP contribution in [0.15, 0.2) is 12.3 Å². The summed E-state index contributed by atoms with van der Waals surface area (Å²) < 4.78 is 6.26. The van der Waals surface area contributed by atoms with Gasteiger partial charge in [0.05, 0.1) is 17.7 Å². The summed E-state index contributed by atoms with van der Waals surface area (Å²) in [5.74, 6) is -0.959. The van der Waals surface area contributed by atoms with Crippen LogP contribution in [0.3, 0.4) is 0 Å². The van der Waals surface area contributed by atoms with E-state index in [1.54, 1.807) is 16.9 Å². The predicted molar refractivity (Wildman–Crippen MR) is 81.3 cm³/mol. The van der Waals surface area contributed by atoms with E-state index in [4.69, 9.17) is 16.3 Å². The molecule has 0 aliphatic rings. The summed E-state index contributed by atoms with van der Waals surface area (Å²) in [7, 11) is 1.29. The van der Waals surface area contributed by atoms with Gasteiger partial charge in [-0.1, -0.05) is 11.6 Å². The second-order valence-corrected chi connectivity index (χ2v) is 5.89. The number of halogens is 1. The molecule has 0 aliphatic heterocycles. The van der Waals surface area contributed by atoms with E-state index in [0.29, 0.717) is 17.1 Å². The highest BCUT2D eigenvalue weighted by atomic mass is 35.5. The number of carbonyl (C=O) groups excluding carboxylic acids is 2. The number of nitrogens with one attached hydrogen (secondary N) is 1.